The lowest BCUT2D eigenvalue weighted by atomic mass is 9.96. The lowest BCUT2D eigenvalue weighted by Crippen LogP contribution is -2.59. The quantitative estimate of drug-likeness (QED) is 0.405. The molecule has 0 N–H and O–H groups in total. The Morgan fingerprint density at radius 2 is 1.47 bits per heavy atom. The molecule has 0 radical (unpaired) electrons. The molecule has 1 atom stereocenters. The van der Waals surface area contributed by atoms with Gasteiger partial charge in [-0.05, 0) is 57.4 Å². The van der Waals surface area contributed by atoms with Crippen molar-refractivity contribution in [3.63, 3.8) is 0 Å². The zero-order valence-electron chi connectivity index (χ0n) is 20.4. The smallest absolute Gasteiger partial charge is 0.250 e. The Morgan fingerprint density at radius 1 is 0.941 bits per heavy atom. The van der Waals surface area contributed by atoms with E-state index in [1.165, 1.54) is 18.9 Å². The average molecular weight is 463 g/mol. The van der Waals surface area contributed by atoms with Crippen LogP contribution >= 0.6 is 0 Å². The number of hydrogen-bond donors (Lipinski definition) is 0. The Hall–Kier alpha value is -3.53. The first-order chi connectivity index (χ1) is 16.3. The first-order valence-electron chi connectivity index (χ1n) is 11.5. The molecule has 3 rings (SSSR count). The second kappa shape index (κ2) is 15.3. The molecule has 4 nitrogen and oxygen atoms in total. The molecule has 1 saturated heterocycles. The van der Waals surface area contributed by atoms with E-state index in [1.54, 1.807) is 28.0 Å². The van der Waals surface area contributed by atoms with Gasteiger partial charge in [-0.2, -0.15) is 0 Å². The lowest BCUT2D eigenvalue weighted by molar-refractivity contribution is -0.161. The highest BCUT2D eigenvalue weighted by molar-refractivity contribution is 5.96. The molecule has 1 aromatic rings. The highest BCUT2D eigenvalue weighted by Crippen LogP contribution is 2.34. The normalized spacial score (nSPS) is 17.9. The molecule has 1 saturated carbocycles. The molecular weight excluding hydrogens is 427 g/mol. The molecular formula is C29H35FN2O2. The van der Waals surface area contributed by atoms with Gasteiger partial charge in [0.25, 0.3) is 5.91 Å². The van der Waals surface area contributed by atoms with Crippen molar-refractivity contribution in [1.29, 1.82) is 0 Å². The van der Waals surface area contributed by atoms with Gasteiger partial charge >= 0.3 is 0 Å². The summed E-state index contributed by atoms with van der Waals surface area (Å²) in [5.41, 5.74) is 12.1. The van der Waals surface area contributed by atoms with E-state index in [1.807, 2.05) is 13.8 Å². The van der Waals surface area contributed by atoms with Crippen LogP contribution in [0.25, 0.3) is 0 Å². The van der Waals surface area contributed by atoms with Crippen LogP contribution in [0.5, 0.6) is 0 Å². The van der Waals surface area contributed by atoms with E-state index in [0.29, 0.717) is 5.56 Å². The predicted octanol–water partition coefficient (Wildman–Crippen LogP) is 6.05. The van der Waals surface area contributed by atoms with Crippen LogP contribution in [0.2, 0.25) is 0 Å². The minimum Gasteiger partial charge on any atom is -0.328 e. The Balaban J connectivity index is 0.000000551. The highest BCUT2D eigenvalue weighted by Gasteiger charge is 2.44. The van der Waals surface area contributed by atoms with Gasteiger partial charge in [-0.15, -0.1) is 5.73 Å². The number of amides is 2. The third-order valence-corrected chi connectivity index (χ3v) is 5.65. The van der Waals surface area contributed by atoms with Crippen LogP contribution in [0.4, 0.5) is 4.39 Å². The van der Waals surface area contributed by atoms with Gasteiger partial charge in [0.2, 0.25) is 5.91 Å². The van der Waals surface area contributed by atoms with E-state index in [4.69, 9.17) is 0 Å². The van der Waals surface area contributed by atoms with Gasteiger partial charge in [-0.25, -0.2) is 4.39 Å². The Bertz CT molecular complexity index is 986. The summed E-state index contributed by atoms with van der Waals surface area (Å²) < 4.78 is 14.4. The van der Waals surface area contributed by atoms with Gasteiger partial charge in [0.15, 0.2) is 0 Å². The number of benzene rings is 1. The summed E-state index contributed by atoms with van der Waals surface area (Å²) in [5.74, 6) is -0.653. The molecule has 5 heteroatoms. The zero-order chi connectivity index (χ0) is 25.5. The van der Waals surface area contributed by atoms with Crippen LogP contribution in [0.1, 0.15) is 64.0 Å². The second-order valence-electron chi connectivity index (χ2n) is 8.28. The third-order valence-electron chi connectivity index (χ3n) is 5.65. The Labute approximate surface area is 203 Å². The van der Waals surface area contributed by atoms with Crippen LogP contribution in [0, 0.1) is 5.82 Å². The van der Waals surface area contributed by atoms with E-state index in [0.717, 1.165) is 25.7 Å². The van der Waals surface area contributed by atoms with Gasteiger partial charge in [0, 0.05) is 17.6 Å². The highest BCUT2D eigenvalue weighted by atomic mass is 19.1. The fraction of sp³-hybridized carbons (Fsp3) is 0.414. The molecule has 0 aromatic heterocycles. The van der Waals surface area contributed by atoms with Crippen molar-refractivity contribution in [3.05, 3.63) is 90.6 Å². The minimum absolute atomic E-state index is 0.0906. The molecule has 34 heavy (non-hydrogen) atoms. The molecule has 1 aromatic carbocycles. The number of carbonyl (C=O) groups excluding carboxylic acids is 2. The molecule has 1 aliphatic heterocycles. The van der Waals surface area contributed by atoms with Crippen molar-refractivity contribution < 1.29 is 14.0 Å². The number of piperazine rings is 1. The van der Waals surface area contributed by atoms with E-state index < -0.39 is 11.9 Å². The Kier molecular flexibility index (Phi) is 12.9. The summed E-state index contributed by atoms with van der Waals surface area (Å²) in [6.07, 6.45) is 6.40. The molecule has 1 unspecified atom stereocenters. The predicted molar refractivity (Wildman–Crippen MR) is 134 cm³/mol. The average Bonchev–Trinajstić information content (AvgIpc) is 3.09. The van der Waals surface area contributed by atoms with E-state index in [2.05, 4.69) is 55.0 Å². The number of rotatable bonds is 3. The van der Waals surface area contributed by atoms with Gasteiger partial charge in [-0.3, -0.25) is 9.59 Å². The third kappa shape index (κ3) is 8.11. The summed E-state index contributed by atoms with van der Waals surface area (Å²) in [6.45, 7) is 16.6. The second-order valence-corrected chi connectivity index (χ2v) is 8.28. The fourth-order valence-electron chi connectivity index (χ4n) is 4.26. The zero-order valence-corrected chi connectivity index (χ0v) is 20.4. The van der Waals surface area contributed by atoms with Crippen molar-refractivity contribution in [3.8, 4) is 0 Å². The minimum atomic E-state index is -0.856. The van der Waals surface area contributed by atoms with Crippen molar-refractivity contribution in [2.24, 2.45) is 0 Å². The number of carbonyl (C=O) groups is 2. The summed E-state index contributed by atoms with van der Waals surface area (Å²) in [6, 6.07) is 5.40. The van der Waals surface area contributed by atoms with Crippen LogP contribution in [-0.2, 0) is 9.59 Å². The standard InChI is InChI=1S/C20H27FN2O2.C6H4.C3H4/c1-14(2)23-18(24)13-22(15-9-5-3-4-6-10-15)20(25)19(23)16-11-7-8-12-17(16)21;1-3-5-6-4-2;1-3-2/h7-8,11-12,14-15,19H,3-6,9-10,13H2,1-2H3;1-2H2;1-2H2. The monoisotopic (exact) mass is 462 g/mol. The summed E-state index contributed by atoms with van der Waals surface area (Å²) in [5, 5.41) is 0. The number of halogens is 1. The maximum Gasteiger partial charge on any atom is 0.250 e. The molecule has 2 amide bonds. The van der Waals surface area contributed by atoms with Crippen molar-refractivity contribution in [2.45, 2.75) is 70.5 Å². The van der Waals surface area contributed by atoms with Crippen LogP contribution in [0.3, 0.4) is 0 Å². The maximum absolute atomic E-state index is 14.4. The SMILES string of the molecule is C=C=C.C=C=C=C=C=C.CC(C)N1C(=O)CN(C2CCCCCC2)C(=O)C1c1ccccc1F. The first-order valence-corrected chi connectivity index (χ1v) is 11.5. The topological polar surface area (TPSA) is 40.6 Å². The van der Waals surface area contributed by atoms with E-state index >= 15 is 0 Å². The van der Waals surface area contributed by atoms with E-state index in [-0.39, 0.29) is 30.4 Å². The van der Waals surface area contributed by atoms with Crippen molar-refractivity contribution >= 4 is 11.8 Å². The van der Waals surface area contributed by atoms with Gasteiger partial charge in [-0.1, -0.05) is 68.5 Å². The largest absolute Gasteiger partial charge is 0.328 e. The summed E-state index contributed by atoms with van der Waals surface area (Å²) in [4.78, 5) is 29.4. The first kappa shape index (κ1) is 28.5. The molecule has 0 bridgehead atoms. The summed E-state index contributed by atoms with van der Waals surface area (Å²) >= 11 is 0. The molecule has 1 heterocycles. The summed E-state index contributed by atoms with van der Waals surface area (Å²) in [7, 11) is 0. The van der Waals surface area contributed by atoms with Gasteiger partial charge < -0.3 is 9.80 Å². The number of nitrogens with zero attached hydrogens (tertiary/aromatic N) is 2. The van der Waals surface area contributed by atoms with Gasteiger partial charge in [0.05, 0.1) is 0 Å². The maximum atomic E-state index is 14.4. The molecule has 1 aliphatic carbocycles. The Morgan fingerprint density at radius 3 is 1.94 bits per heavy atom. The fourth-order valence-corrected chi connectivity index (χ4v) is 4.26. The lowest BCUT2D eigenvalue weighted by Gasteiger charge is -2.45. The molecule has 2 fully saturated rings. The molecule has 180 valence electrons. The van der Waals surface area contributed by atoms with Crippen molar-refractivity contribution in [1.82, 2.24) is 9.80 Å². The molecule has 0 spiro atoms. The number of hydrogen-bond acceptors (Lipinski definition) is 2. The molecule has 2 aliphatic rings. The van der Waals surface area contributed by atoms with E-state index in [9.17, 15) is 14.0 Å². The van der Waals surface area contributed by atoms with Crippen LogP contribution < -0.4 is 0 Å². The van der Waals surface area contributed by atoms with Crippen molar-refractivity contribution in [2.75, 3.05) is 6.54 Å². The van der Waals surface area contributed by atoms with Crippen LogP contribution in [-0.4, -0.2) is 40.2 Å². The van der Waals surface area contributed by atoms with Gasteiger partial charge in [0.1, 0.15) is 18.4 Å². The van der Waals surface area contributed by atoms with Crippen LogP contribution in [0.15, 0.2) is 79.2 Å².